The summed E-state index contributed by atoms with van der Waals surface area (Å²) in [5.41, 5.74) is 7.48. The number of hydrogen-bond acceptors (Lipinski definition) is 3. The highest BCUT2D eigenvalue weighted by atomic mass is 16.7. The van der Waals surface area contributed by atoms with Crippen LogP contribution in [0, 0.1) is 13.8 Å². The van der Waals surface area contributed by atoms with E-state index in [2.05, 4.69) is 36.5 Å². The predicted molar refractivity (Wildman–Crippen MR) is 75.9 cm³/mol. The molecule has 1 aliphatic heterocycles. The summed E-state index contributed by atoms with van der Waals surface area (Å²) in [6.45, 7) is 4.14. The van der Waals surface area contributed by atoms with Crippen LogP contribution in [0.25, 0.3) is 0 Å². The fourth-order valence-electron chi connectivity index (χ4n) is 2.24. The highest BCUT2D eigenvalue weighted by Crippen LogP contribution is 2.26. The first kappa shape index (κ1) is 11.9. The van der Waals surface area contributed by atoms with Crippen molar-refractivity contribution in [1.29, 1.82) is 0 Å². The lowest BCUT2D eigenvalue weighted by atomic mass is 10.1. The van der Waals surface area contributed by atoms with Crippen molar-refractivity contribution in [3.63, 3.8) is 0 Å². The first-order chi connectivity index (χ1) is 9.25. The van der Waals surface area contributed by atoms with E-state index >= 15 is 0 Å². The van der Waals surface area contributed by atoms with Crippen LogP contribution in [0.5, 0.6) is 0 Å². The van der Waals surface area contributed by atoms with Crippen LogP contribution in [-0.2, 0) is 4.84 Å². The zero-order chi connectivity index (χ0) is 13.2. The van der Waals surface area contributed by atoms with Crippen molar-refractivity contribution in [3.05, 3.63) is 70.8 Å². The van der Waals surface area contributed by atoms with Crippen molar-refractivity contribution in [1.82, 2.24) is 5.48 Å². The second-order valence-corrected chi connectivity index (χ2v) is 4.72. The third-order valence-corrected chi connectivity index (χ3v) is 3.37. The number of amidine groups is 1. The van der Waals surface area contributed by atoms with Gasteiger partial charge in [0.25, 0.3) is 0 Å². The summed E-state index contributed by atoms with van der Waals surface area (Å²) in [4.78, 5) is 10.2. The molecule has 0 bridgehead atoms. The standard InChI is InChI=1S/C16H16N2O/c1-11-7-3-5-9-13(11)15-17-16(19-18-15)14-10-6-4-8-12(14)2/h3-10,16H,1-2H3,(H,17,18). The van der Waals surface area contributed by atoms with E-state index in [1.54, 1.807) is 0 Å². The maximum atomic E-state index is 5.59. The van der Waals surface area contributed by atoms with Crippen molar-refractivity contribution in [2.45, 2.75) is 20.1 Å². The van der Waals surface area contributed by atoms with E-state index in [1.807, 2.05) is 36.4 Å². The quantitative estimate of drug-likeness (QED) is 0.889. The van der Waals surface area contributed by atoms with Gasteiger partial charge in [-0.05, 0) is 25.0 Å². The Morgan fingerprint density at radius 1 is 0.947 bits per heavy atom. The predicted octanol–water partition coefficient (Wildman–Crippen LogP) is 3.28. The molecule has 1 atom stereocenters. The molecule has 0 saturated carbocycles. The Balaban J connectivity index is 1.94. The fraction of sp³-hybridized carbons (Fsp3) is 0.188. The number of aryl methyl sites for hydroxylation is 2. The number of nitrogens with one attached hydrogen (secondary N) is 1. The molecule has 19 heavy (non-hydrogen) atoms. The van der Waals surface area contributed by atoms with Crippen molar-refractivity contribution in [2.24, 2.45) is 4.99 Å². The van der Waals surface area contributed by atoms with E-state index in [0.29, 0.717) is 0 Å². The summed E-state index contributed by atoms with van der Waals surface area (Å²) in [6, 6.07) is 16.3. The second kappa shape index (κ2) is 4.86. The number of rotatable bonds is 2. The molecule has 2 aromatic rings. The van der Waals surface area contributed by atoms with Crippen LogP contribution in [0.4, 0.5) is 0 Å². The molecule has 1 N–H and O–H groups in total. The number of benzene rings is 2. The molecule has 2 aromatic carbocycles. The van der Waals surface area contributed by atoms with Gasteiger partial charge in [-0.3, -0.25) is 0 Å². The summed E-state index contributed by atoms with van der Waals surface area (Å²) in [5.74, 6) is 0.798. The van der Waals surface area contributed by atoms with Crippen molar-refractivity contribution in [3.8, 4) is 0 Å². The Bertz CT molecular complexity index is 634. The van der Waals surface area contributed by atoms with E-state index in [0.717, 1.165) is 17.0 Å². The zero-order valence-corrected chi connectivity index (χ0v) is 11.1. The van der Waals surface area contributed by atoms with Crippen LogP contribution in [0.2, 0.25) is 0 Å². The first-order valence-electron chi connectivity index (χ1n) is 6.37. The lowest BCUT2D eigenvalue weighted by Crippen LogP contribution is -2.19. The monoisotopic (exact) mass is 252 g/mol. The molecule has 3 rings (SSSR count). The van der Waals surface area contributed by atoms with Crippen LogP contribution in [0.15, 0.2) is 53.5 Å². The lowest BCUT2D eigenvalue weighted by molar-refractivity contribution is 0.0373. The molecule has 1 aliphatic rings. The van der Waals surface area contributed by atoms with Gasteiger partial charge in [-0.25, -0.2) is 15.3 Å². The smallest absolute Gasteiger partial charge is 0.203 e. The van der Waals surface area contributed by atoms with Crippen molar-refractivity contribution < 1.29 is 4.84 Å². The van der Waals surface area contributed by atoms with Gasteiger partial charge in [-0.1, -0.05) is 48.5 Å². The second-order valence-electron chi connectivity index (χ2n) is 4.72. The van der Waals surface area contributed by atoms with Gasteiger partial charge < -0.3 is 0 Å². The number of hydrogen-bond donors (Lipinski definition) is 1. The summed E-state index contributed by atoms with van der Waals surface area (Å²) < 4.78 is 0. The average Bonchev–Trinajstić information content (AvgIpc) is 2.89. The van der Waals surface area contributed by atoms with Gasteiger partial charge >= 0.3 is 0 Å². The highest BCUT2D eigenvalue weighted by Gasteiger charge is 2.22. The van der Waals surface area contributed by atoms with E-state index in [-0.39, 0.29) is 6.23 Å². The average molecular weight is 252 g/mol. The van der Waals surface area contributed by atoms with Gasteiger partial charge in [-0.2, -0.15) is 0 Å². The minimum Gasteiger partial charge on any atom is -0.246 e. The van der Waals surface area contributed by atoms with E-state index < -0.39 is 0 Å². The fourth-order valence-corrected chi connectivity index (χ4v) is 2.24. The van der Waals surface area contributed by atoms with Crippen LogP contribution in [0.3, 0.4) is 0 Å². The van der Waals surface area contributed by atoms with Crippen LogP contribution in [0.1, 0.15) is 28.5 Å². The molecule has 0 radical (unpaired) electrons. The van der Waals surface area contributed by atoms with E-state index in [1.165, 1.54) is 11.1 Å². The lowest BCUT2D eigenvalue weighted by Gasteiger charge is -2.08. The summed E-state index contributed by atoms with van der Waals surface area (Å²) in [7, 11) is 0. The van der Waals surface area contributed by atoms with Gasteiger partial charge in [0.15, 0.2) is 5.84 Å². The molecule has 96 valence electrons. The highest BCUT2D eigenvalue weighted by molar-refractivity contribution is 6.00. The summed E-state index contributed by atoms with van der Waals surface area (Å²) in [5, 5.41) is 0. The van der Waals surface area contributed by atoms with E-state index in [4.69, 9.17) is 4.84 Å². The summed E-state index contributed by atoms with van der Waals surface area (Å²) in [6.07, 6.45) is -0.268. The van der Waals surface area contributed by atoms with E-state index in [9.17, 15) is 0 Å². The van der Waals surface area contributed by atoms with Crippen molar-refractivity contribution >= 4 is 5.84 Å². The first-order valence-corrected chi connectivity index (χ1v) is 6.37. The van der Waals surface area contributed by atoms with Gasteiger partial charge in [0.2, 0.25) is 6.23 Å². The largest absolute Gasteiger partial charge is 0.246 e. The zero-order valence-electron chi connectivity index (χ0n) is 11.1. The topological polar surface area (TPSA) is 33.6 Å². The van der Waals surface area contributed by atoms with Crippen LogP contribution in [-0.4, -0.2) is 5.84 Å². The molecule has 0 saturated heterocycles. The maximum absolute atomic E-state index is 5.59. The molecule has 1 unspecified atom stereocenters. The minimum absolute atomic E-state index is 0.268. The van der Waals surface area contributed by atoms with Crippen molar-refractivity contribution in [2.75, 3.05) is 0 Å². The third-order valence-electron chi connectivity index (χ3n) is 3.37. The molecule has 3 nitrogen and oxygen atoms in total. The maximum Gasteiger partial charge on any atom is 0.203 e. The third kappa shape index (κ3) is 2.25. The molecular formula is C16H16N2O. The Morgan fingerprint density at radius 3 is 2.37 bits per heavy atom. The Labute approximate surface area is 112 Å². The molecular weight excluding hydrogens is 236 g/mol. The molecule has 1 heterocycles. The van der Waals surface area contributed by atoms with Gasteiger partial charge in [-0.15, -0.1) is 0 Å². The van der Waals surface area contributed by atoms with Gasteiger partial charge in [0, 0.05) is 11.1 Å². The summed E-state index contributed by atoms with van der Waals surface area (Å²) >= 11 is 0. The molecule has 0 amide bonds. The van der Waals surface area contributed by atoms with Crippen LogP contribution < -0.4 is 5.48 Å². The Morgan fingerprint density at radius 2 is 1.63 bits per heavy atom. The molecule has 0 aromatic heterocycles. The Kier molecular flexibility index (Phi) is 3.05. The number of aliphatic imine (C=N–C) groups is 1. The molecule has 3 heteroatoms. The SMILES string of the molecule is Cc1ccccc1C1=NC(c2ccccc2C)ON1. The molecule has 0 aliphatic carbocycles. The number of hydroxylamine groups is 1. The van der Waals surface area contributed by atoms with Gasteiger partial charge in [0.05, 0.1) is 0 Å². The Hall–Kier alpha value is -2.13. The van der Waals surface area contributed by atoms with Gasteiger partial charge in [0.1, 0.15) is 0 Å². The molecule has 0 spiro atoms. The number of nitrogens with zero attached hydrogens (tertiary/aromatic N) is 1. The minimum atomic E-state index is -0.268. The normalized spacial score (nSPS) is 18.0. The van der Waals surface area contributed by atoms with Crippen LogP contribution >= 0.6 is 0 Å². The molecule has 0 fully saturated rings.